The molecule has 2 N–H and O–H groups in total. The zero-order valence-electron chi connectivity index (χ0n) is 12.4. The Morgan fingerprint density at radius 2 is 1.95 bits per heavy atom. The third-order valence-electron chi connectivity index (χ3n) is 4.22. The van der Waals surface area contributed by atoms with Gasteiger partial charge in [-0.15, -0.1) is 0 Å². The SMILES string of the molecule is CCC(CN)(Cc1c(Cl)c(C)nn1C)c1ccccc1. The van der Waals surface area contributed by atoms with Crippen molar-refractivity contribution in [2.24, 2.45) is 12.8 Å². The molecule has 0 radical (unpaired) electrons. The van der Waals surface area contributed by atoms with Crippen LogP contribution in [0.1, 0.15) is 30.3 Å². The van der Waals surface area contributed by atoms with Crippen LogP contribution < -0.4 is 5.73 Å². The van der Waals surface area contributed by atoms with Crippen LogP contribution in [0.5, 0.6) is 0 Å². The Labute approximate surface area is 125 Å². The second-order valence-electron chi connectivity index (χ2n) is 5.35. The molecule has 108 valence electrons. The van der Waals surface area contributed by atoms with Crippen LogP contribution in [0.4, 0.5) is 0 Å². The smallest absolute Gasteiger partial charge is 0.0847 e. The fraction of sp³-hybridized carbons (Fsp3) is 0.438. The van der Waals surface area contributed by atoms with Crippen LogP contribution in [0.15, 0.2) is 30.3 Å². The molecule has 3 nitrogen and oxygen atoms in total. The highest BCUT2D eigenvalue weighted by atomic mass is 35.5. The molecule has 2 aromatic rings. The molecule has 0 saturated heterocycles. The van der Waals surface area contributed by atoms with Crippen LogP contribution >= 0.6 is 11.6 Å². The normalized spacial score (nSPS) is 14.2. The standard InChI is InChI=1S/C16H22ClN3/c1-4-16(11-18,13-8-6-5-7-9-13)10-14-15(17)12(2)19-20(14)3/h5-9H,4,10-11,18H2,1-3H3. The van der Waals surface area contributed by atoms with E-state index in [2.05, 4.69) is 36.3 Å². The number of aryl methyl sites for hydroxylation is 2. The van der Waals surface area contributed by atoms with Gasteiger partial charge < -0.3 is 5.73 Å². The zero-order chi connectivity index (χ0) is 14.8. The second-order valence-corrected chi connectivity index (χ2v) is 5.73. The van der Waals surface area contributed by atoms with Gasteiger partial charge in [0.15, 0.2) is 0 Å². The van der Waals surface area contributed by atoms with Gasteiger partial charge in [0, 0.05) is 25.4 Å². The summed E-state index contributed by atoms with van der Waals surface area (Å²) in [4.78, 5) is 0. The van der Waals surface area contributed by atoms with Crippen molar-refractivity contribution >= 4 is 11.6 Å². The number of hydrogen-bond donors (Lipinski definition) is 1. The molecule has 4 heteroatoms. The van der Waals surface area contributed by atoms with Gasteiger partial charge in [0.1, 0.15) is 0 Å². The summed E-state index contributed by atoms with van der Waals surface area (Å²) in [5.41, 5.74) is 9.23. The number of nitrogens with zero attached hydrogens (tertiary/aromatic N) is 2. The molecule has 20 heavy (non-hydrogen) atoms. The maximum atomic E-state index is 6.40. The fourth-order valence-corrected chi connectivity index (χ4v) is 2.98. The predicted octanol–water partition coefficient (Wildman–Crippen LogP) is 3.23. The maximum Gasteiger partial charge on any atom is 0.0847 e. The van der Waals surface area contributed by atoms with Crippen LogP contribution in [0.3, 0.4) is 0 Å². The van der Waals surface area contributed by atoms with Gasteiger partial charge in [-0.3, -0.25) is 4.68 Å². The van der Waals surface area contributed by atoms with Gasteiger partial charge >= 0.3 is 0 Å². The molecule has 0 spiro atoms. The number of hydrogen-bond acceptors (Lipinski definition) is 2. The number of nitrogens with two attached hydrogens (primary N) is 1. The van der Waals surface area contributed by atoms with Crippen molar-refractivity contribution in [1.29, 1.82) is 0 Å². The summed E-state index contributed by atoms with van der Waals surface area (Å²) in [6, 6.07) is 10.4. The Kier molecular flexibility index (Phi) is 4.51. The van der Waals surface area contributed by atoms with Gasteiger partial charge in [-0.25, -0.2) is 0 Å². The summed E-state index contributed by atoms with van der Waals surface area (Å²) in [5, 5.41) is 5.16. The third kappa shape index (κ3) is 2.60. The second kappa shape index (κ2) is 5.98. The molecule has 0 saturated carbocycles. The van der Waals surface area contributed by atoms with Crippen LogP contribution in [0, 0.1) is 6.92 Å². The minimum absolute atomic E-state index is 0.0921. The molecule has 1 aromatic heterocycles. The Bertz CT molecular complexity index is 571. The van der Waals surface area contributed by atoms with E-state index in [1.165, 1.54) is 5.56 Å². The van der Waals surface area contributed by atoms with E-state index in [0.29, 0.717) is 6.54 Å². The summed E-state index contributed by atoms with van der Waals surface area (Å²) < 4.78 is 1.88. The lowest BCUT2D eigenvalue weighted by atomic mass is 9.74. The summed E-state index contributed by atoms with van der Waals surface area (Å²) in [6.07, 6.45) is 1.77. The lowest BCUT2D eigenvalue weighted by Crippen LogP contribution is -2.37. The molecule has 0 aliphatic rings. The molecular weight excluding hydrogens is 270 g/mol. The van der Waals surface area contributed by atoms with Crippen molar-refractivity contribution in [1.82, 2.24) is 9.78 Å². The first-order valence-electron chi connectivity index (χ1n) is 6.97. The summed E-state index contributed by atoms with van der Waals surface area (Å²) >= 11 is 6.40. The first kappa shape index (κ1) is 15.1. The summed E-state index contributed by atoms with van der Waals surface area (Å²) in [5.74, 6) is 0. The Morgan fingerprint density at radius 3 is 2.40 bits per heavy atom. The highest BCUT2D eigenvalue weighted by Gasteiger charge is 2.31. The van der Waals surface area contributed by atoms with E-state index < -0.39 is 0 Å². The molecule has 0 bridgehead atoms. The quantitative estimate of drug-likeness (QED) is 0.919. The van der Waals surface area contributed by atoms with E-state index in [1.54, 1.807) is 0 Å². The molecule has 1 atom stereocenters. The van der Waals surface area contributed by atoms with E-state index in [4.69, 9.17) is 17.3 Å². The lowest BCUT2D eigenvalue weighted by molar-refractivity contribution is 0.406. The minimum atomic E-state index is -0.0921. The van der Waals surface area contributed by atoms with Crippen molar-refractivity contribution in [2.45, 2.75) is 32.1 Å². The van der Waals surface area contributed by atoms with E-state index in [9.17, 15) is 0 Å². The van der Waals surface area contributed by atoms with E-state index in [-0.39, 0.29) is 5.41 Å². The molecule has 2 rings (SSSR count). The van der Waals surface area contributed by atoms with E-state index in [1.807, 2.05) is 24.7 Å². The van der Waals surface area contributed by atoms with Gasteiger partial charge in [-0.1, -0.05) is 48.9 Å². The first-order valence-corrected chi connectivity index (χ1v) is 7.35. The number of halogens is 1. The molecule has 1 unspecified atom stereocenters. The van der Waals surface area contributed by atoms with Crippen LogP contribution in [-0.2, 0) is 18.9 Å². The van der Waals surface area contributed by atoms with E-state index >= 15 is 0 Å². The molecular formula is C16H22ClN3. The van der Waals surface area contributed by atoms with Gasteiger partial charge in [0.05, 0.1) is 16.4 Å². The van der Waals surface area contributed by atoms with Crippen LogP contribution in [0.25, 0.3) is 0 Å². The Morgan fingerprint density at radius 1 is 1.30 bits per heavy atom. The van der Waals surface area contributed by atoms with Crippen molar-refractivity contribution in [2.75, 3.05) is 6.54 Å². The van der Waals surface area contributed by atoms with Crippen molar-refractivity contribution in [3.8, 4) is 0 Å². The van der Waals surface area contributed by atoms with Gasteiger partial charge in [0.25, 0.3) is 0 Å². The van der Waals surface area contributed by atoms with Crippen LogP contribution in [-0.4, -0.2) is 16.3 Å². The predicted molar refractivity (Wildman–Crippen MR) is 84.1 cm³/mol. The number of rotatable bonds is 5. The molecule has 0 amide bonds. The topological polar surface area (TPSA) is 43.8 Å². The van der Waals surface area contributed by atoms with Crippen molar-refractivity contribution in [3.63, 3.8) is 0 Å². The van der Waals surface area contributed by atoms with E-state index in [0.717, 1.165) is 29.3 Å². The first-order chi connectivity index (χ1) is 9.54. The van der Waals surface area contributed by atoms with Gasteiger partial charge in [-0.05, 0) is 18.9 Å². The molecule has 1 aromatic carbocycles. The third-order valence-corrected chi connectivity index (χ3v) is 4.71. The monoisotopic (exact) mass is 291 g/mol. The van der Waals surface area contributed by atoms with Crippen LogP contribution in [0.2, 0.25) is 5.02 Å². The van der Waals surface area contributed by atoms with Crippen molar-refractivity contribution < 1.29 is 0 Å². The fourth-order valence-electron chi connectivity index (χ4n) is 2.75. The molecule has 0 aliphatic heterocycles. The number of aromatic nitrogens is 2. The highest BCUT2D eigenvalue weighted by Crippen LogP contribution is 2.34. The van der Waals surface area contributed by atoms with Gasteiger partial charge in [0.2, 0.25) is 0 Å². The largest absolute Gasteiger partial charge is 0.330 e. The highest BCUT2D eigenvalue weighted by molar-refractivity contribution is 6.31. The minimum Gasteiger partial charge on any atom is -0.330 e. The molecule has 1 heterocycles. The van der Waals surface area contributed by atoms with Crippen molar-refractivity contribution in [3.05, 3.63) is 52.3 Å². The Hall–Kier alpha value is -1.32. The molecule has 0 fully saturated rings. The van der Waals surface area contributed by atoms with Gasteiger partial charge in [-0.2, -0.15) is 5.10 Å². The lowest BCUT2D eigenvalue weighted by Gasteiger charge is -2.32. The maximum absolute atomic E-state index is 6.40. The summed E-state index contributed by atoms with van der Waals surface area (Å²) in [6.45, 7) is 4.70. The average molecular weight is 292 g/mol. The summed E-state index contributed by atoms with van der Waals surface area (Å²) in [7, 11) is 1.94. The number of benzene rings is 1. The Balaban J connectivity index is 2.45. The average Bonchev–Trinajstić information content (AvgIpc) is 2.71. The zero-order valence-corrected chi connectivity index (χ0v) is 13.1. The molecule has 0 aliphatic carbocycles.